The molecule has 0 aromatic carbocycles. The summed E-state index contributed by atoms with van der Waals surface area (Å²) in [6.07, 6.45) is 2.12. The molecule has 6 heteroatoms. The maximum Gasteiger partial charge on any atom is 0.326 e. The normalized spacial score (nSPS) is 10.3. The third-order valence-electron chi connectivity index (χ3n) is 2.50. The second-order valence-electron chi connectivity index (χ2n) is 3.98. The highest BCUT2D eigenvalue weighted by atomic mass is 32.1. The first kappa shape index (κ1) is 13.4. The number of hydrogen-bond donors (Lipinski definition) is 1. The van der Waals surface area contributed by atoms with E-state index in [9.17, 15) is 9.59 Å². The molecule has 100 valence electrons. The van der Waals surface area contributed by atoms with Gasteiger partial charge in [0.2, 0.25) is 0 Å². The zero-order valence-corrected chi connectivity index (χ0v) is 11.1. The number of nitrogens with zero attached hydrogens (tertiary/aromatic N) is 1. The van der Waals surface area contributed by atoms with Gasteiger partial charge < -0.3 is 15.0 Å². The topological polar surface area (TPSA) is 74.3 Å². The maximum atomic E-state index is 11.6. The Balaban J connectivity index is 1.84. The number of thiophene rings is 1. The molecule has 2 heterocycles. The molecule has 0 aliphatic heterocycles. The SMILES string of the molecule is Nc1ccc(=O)n(CC(=O)OCCc2cccs2)c1. The van der Waals surface area contributed by atoms with E-state index in [2.05, 4.69) is 0 Å². The molecule has 2 aromatic rings. The molecule has 2 rings (SSSR count). The fourth-order valence-corrected chi connectivity index (χ4v) is 2.27. The number of carbonyl (C=O) groups is 1. The molecule has 0 unspecified atom stereocenters. The lowest BCUT2D eigenvalue weighted by Gasteiger charge is -2.06. The number of anilines is 1. The van der Waals surface area contributed by atoms with E-state index in [0.29, 0.717) is 18.7 Å². The standard InChI is InChI=1S/C13H14N2O3S/c14-10-3-4-12(16)15(8-10)9-13(17)18-6-5-11-2-1-7-19-11/h1-4,7-8H,5-6,9,14H2. The number of hydrogen-bond acceptors (Lipinski definition) is 5. The van der Waals surface area contributed by atoms with E-state index in [4.69, 9.17) is 10.5 Å². The molecule has 2 aromatic heterocycles. The van der Waals surface area contributed by atoms with Crippen molar-refractivity contribution in [3.8, 4) is 0 Å². The van der Waals surface area contributed by atoms with E-state index < -0.39 is 5.97 Å². The number of pyridine rings is 1. The Morgan fingerprint density at radius 1 is 1.37 bits per heavy atom. The van der Waals surface area contributed by atoms with Crippen molar-refractivity contribution in [2.45, 2.75) is 13.0 Å². The van der Waals surface area contributed by atoms with Crippen LogP contribution in [0.25, 0.3) is 0 Å². The first-order chi connectivity index (χ1) is 9.15. The molecule has 0 bridgehead atoms. The minimum Gasteiger partial charge on any atom is -0.464 e. The van der Waals surface area contributed by atoms with Crippen molar-refractivity contribution in [3.63, 3.8) is 0 Å². The Bertz CT molecular complexity index is 605. The molecule has 0 aliphatic rings. The Morgan fingerprint density at radius 3 is 2.95 bits per heavy atom. The van der Waals surface area contributed by atoms with Gasteiger partial charge in [0, 0.05) is 29.2 Å². The number of rotatable bonds is 5. The van der Waals surface area contributed by atoms with Crippen molar-refractivity contribution in [1.82, 2.24) is 4.57 Å². The first-order valence-corrected chi connectivity index (χ1v) is 6.67. The zero-order valence-electron chi connectivity index (χ0n) is 10.2. The molecule has 19 heavy (non-hydrogen) atoms. The van der Waals surface area contributed by atoms with Gasteiger partial charge in [0.1, 0.15) is 6.54 Å². The molecule has 0 fully saturated rings. The Kier molecular flexibility index (Phi) is 4.35. The molecule has 5 nitrogen and oxygen atoms in total. The van der Waals surface area contributed by atoms with E-state index in [1.54, 1.807) is 11.3 Å². The molecule has 0 amide bonds. The van der Waals surface area contributed by atoms with Gasteiger partial charge in [0.25, 0.3) is 5.56 Å². The van der Waals surface area contributed by atoms with Gasteiger partial charge in [0.05, 0.1) is 6.61 Å². The highest BCUT2D eigenvalue weighted by Gasteiger charge is 2.06. The Hall–Kier alpha value is -2.08. The van der Waals surface area contributed by atoms with Crippen LogP contribution in [0.3, 0.4) is 0 Å². The molecule has 2 N–H and O–H groups in total. The smallest absolute Gasteiger partial charge is 0.326 e. The van der Waals surface area contributed by atoms with Crippen LogP contribution in [0.2, 0.25) is 0 Å². The largest absolute Gasteiger partial charge is 0.464 e. The molecule has 0 saturated carbocycles. The quantitative estimate of drug-likeness (QED) is 0.836. The van der Waals surface area contributed by atoms with E-state index >= 15 is 0 Å². The summed E-state index contributed by atoms with van der Waals surface area (Å²) in [4.78, 5) is 24.2. The molecule has 0 radical (unpaired) electrons. The number of nitrogens with two attached hydrogens (primary N) is 1. The summed E-state index contributed by atoms with van der Waals surface area (Å²) >= 11 is 1.62. The summed E-state index contributed by atoms with van der Waals surface area (Å²) < 4.78 is 6.32. The lowest BCUT2D eigenvalue weighted by Crippen LogP contribution is -2.24. The van der Waals surface area contributed by atoms with Gasteiger partial charge in [0.15, 0.2) is 0 Å². The Labute approximate surface area is 114 Å². The summed E-state index contributed by atoms with van der Waals surface area (Å²) in [6, 6.07) is 6.77. The monoisotopic (exact) mass is 278 g/mol. The van der Waals surface area contributed by atoms with Gasteiger partial charge in [-0.15, -0.1) is 11.3 Å². The minimum absolute atomic E-state index is 0.117. The highest BCUT2D eigenvalue weighted by Crippen LogP contribution is 2.08. The summed E-state index contributed by atoms with van der Waals surface area (Å²) in [5, 5.41) is 1.98. The van der Waals surface area contributed by atoms with Crippen LogP contribution >= 0.6 is 11.3 Å². The predicted octanol–water partition coefficient (Wildman–Crippen LogP) is 1.28. The van der Waals surface area contributed by atoms with E-state index in [0.717, 1.165) is 4.88 Å². The van der Waals surface area contributed by atoms with Crippen LogP contribution in [0.1, 0.15) is 4.88 Å². The predicted molar refractivity (Wildman–Crippen MR) is 74.1 cm³/mol. The van der Waals surface area contributed by atoms with Gasteiger partial charge in [-0.25, -0.2) is 0 Å². The van der Waals surface area contributed by atoms with Crippen molar-refractivity contribution in [3.05, 3.63) is 51.1 Å². The minimum atomic E-state index is -0.441. The average Bonchev–Trinajstić information content (AvgIpc) is 2.87. The average molecular weight is 278 g/mol. The van der Waals surface area contributed by atoms with Gasteiger partial charge >= 0.3 is 5.97 Å². The van der Waals surface area contributed by atoms with Crippen molar-refractivity contribution in [1.29, 1.82) is 0 Å². The number of aromatic nitrogens is 1. The van der Waals surface area contributed by atoms with Gasteiger partial charge in [-0.3, -0.25) is 9.59 Å². The van der Waals surface area contributed by atoms with Crippen molar-refractivity contribution in [2.24, 2.45) is 0 Å². The van der Waals surface area contributed by atoms with Gasteiger partial charge in [-0.05, 0) is 17.5 Å². The number of nitrogen functional groups attached to an aromatic ring is 1. The van der Waals surface area contributed by atoms with E-state index in [1.165, 1.54) is 22.9 Å². The maximum absolute atomic E-state index is 11.6. The highest BCUT2D eigenvalue weighted by molar-refractivity contribution is 7.09. The number of esters is 1. The molecule has 0 atom stereocenters. The van der Waals surface area contributed by atoms with E-state index in [1.807, 2.05) is 17.5 Å². The molecule has 0 saturated heterocycles. The number of ether oxygens (including phenoxy) is 1. The van der Waals surface area contributed by atoms with Crippen LogP contribution in [-0.4, -0.2) is 17.1 Å². The summed E-state index contributed by atoms with van der Waals surface area (Å²) in [5.74, 6) is -0.441. The second-order valence-corrected chi connectivity index (χ2v) is 5.01. The molecular weight excluding hydrogens is 264 g/mol. The van der Waals surface area contributed by atoms with Crippen LogP contribution in [0.5, 0.6) is 0 Å². The van der Waals surface area contributed by atoms with Crippen LogP contribution in [-0.2, 0) is 22.5 Å². The van der Waals surface area contributed by atoms with Crippen LogP contribution in [0.4, 0.5) is 5.69 Å². The van der Waals surface area contributed by atoms with Gasteiger partial charge in [-0.2, -0.15) is 0 Å². The number of carbonyl (C=O) groups excluding carboxylic acids is 1. The van der Waals surface area contributed by atoms with Gasteiger partial charge in [-0.1, -0.05) is 6.07 Å². The third-order valence-corrected chi connectivity index (χ3v) is 3.43. The van der Waals surface area contributed by atoms with Crippen LogP contribution in [0, 0.1) is 0 Å². The fourth-order valence-electron chi connectivity index (χ4n) is 1.58. The van der Waals surface area contributed by atoms with Crippen LogP contribution in [0.15, 0.2) is 40.6 Å². The van der Waals surface area contributed by atoms with Crippen molar-refractivity contribution < 1.29 is 9.53 Å². The summed E-state index contributed by atoms with van der Waals surface area (Å²) in [6.45, 7) is 0.199. The first-order valence-electron chi connectivity index (χ1n) is 5.79. The summed E-state index contributed by atoms with van der Waals surface area (Å²) in [5.41, 5.74) is 5.72. The third kappa shape index (κ3) is 3.96. The Morgan fingerprint density at radius 2 is 2.21 bits per heavy atom. The summed E-state index contributed by atoms with van der Waals surface area (Å²) in [7, 11) is 0. The molecular formula is C13H14N2O3S. The van der Waals surface area contributed by atoms with E-state index in [-0.39, 0.29) is 12.1 Å². The zero-order chi connectivity index (χ0) is 13.7. The van der Waals surface area contributed by atoms with Crippen molar-refractivity contribution >= 4 is 23.0 Å². The van der Waals surface area contributed by atoms with Crippen LogP contribution < -0.4 is 11.3 Å². The fraction of sp³-hybridized carbons (Fsp3) is 0.231. The lowest BCUT2D eigenvalue weighted by atomic mass is 10.4. The second kappa shape index (κ2) is 6.19. The molecule has 0 spiro atoms. The molecule has 0 aliphatic carbocycles. The lowest BCUT2D eigenvalue weighted by molar-refractivity contribution is -0.144. The van der Waals surface area contributed by atoms with Crippen molar-refractivity contribution in [2.75, 3.05) is 12.3 Å².